The summed E-state index contributed by atoms with van der Waals surface area (Å²) in [6.07, 6.45) is 0. The maximum Gasteiger partial charge on any atom is 0.269 e. The number of benzene rings is 2. The summed E-state index contributed by atoms with van der Waals surface area (Å²) in [7, 11) is 3.12. The number of hydrogen-bond donors (Lipinski definition) is 1. The summed E-state index contributed by atoms with van der Waals surface area (Å²) in [4.78, 5) is 31.6. The average molecular weight is 549 g/mol. The largest absolute Gasteiger partial charge is 0.493 e. The molecule has 13 nitrogen and oxygen atoms in total. The van der Waals surface area contributed by atoms with Crippen molar-refractivity contribution in [2.75, 3.05) is 45.3 Å². The number of pyridine rings is 1. The van der Waals surface area contributed by atoms with Crippen molar-refractivity contribution in [1.82, 2.24) is 30.1 Å². The molecule has 1 aliphatic rings. The van der Waals surface area contributed by atoms with E-state index in [1.54, 1.807) is 37.1 Å². The maximum absolute atomic E-state index is 13.6. The summed E-state index contributed by atoms with van der Waals surface area (Å²) in [6.45, 7) is 8.57. The van der Waals surface area contributed by atoms with Crippen LogP contribution in [0.25, 0.3) is 10.9 Å². The number of nitro groups is 1. The van der Waals surface area contributed by atoms with Crippen molar-refractivity contribution in [3.63, 3.8) is 0 Å². The highest BCUT2D eigenvalue weighted by Gasteiger charge is 2.35. The van der Waals surface area contributed by atoms with Crippen LogP contribution in [0.4, 0.5) is 11.4 Å². The Morgan fingerprint density at radius 1 is 1.00 bits per heavy atom. The summed E-state index contributed by atoms with van der Waals surface area (Å²) in [5, 5.41) is 24.5. The molecule has 0 saturated carbocycles. The first kappa shape index (κ1) is 27.1. The zero-order valence-corrected chi connectivity index (χ0v) is 23.1. The van der Waals surface area contributed by atoms with Gasteiger partial charge in [0.05, 0.1) is 30.2 Å². The van der Waals surface area contributed by atoms with Crippen molar-refractivity contribution in [3.8, 4) is 11.5 Å². The number of H-pyrrole nitrogens is 1. The van der Waals surface area contributed by atoms with Crippen molar-refractivity contribution in [3.05, 3.63) is 74.3 Å². The molecular formula is C27H32N8O5. The zero-order chi connectivity index (χ0) is 28.6. The molecule has 40 heavy (non-hydrogen) atoms. The Kier molecular flexibility index (Phi) is 7.15. The Balaban J connectivity index is 1.54. The second-order valence-electron chi connectivity index (χ2n) is 10.7. The molecule has 1 N–H and O–H groups in total. The molecular weight excluding hydrogens is 516 g/mol. The number of piperazine rings is 1. The van der Waals surface area contributed by atoms with E-state index in [0.29, 0.717) is 54.6 Å². The van der Waals surface area contributed by atoms with Crippen LogP contribution in [0, 0.1) is 10.1 Å². The van der Waals surface area contributed by atoms with Crippen LogP contribution in [0.3, 0.4) is 0 Å². The highest BCUT2D eigenvalue weighted by molar-refractivity contribution is 5.83. The number of fused-ring (bicyclic) bond motifs is 1. The van der Waals surface area contributed by atoms with Gasteiger partial charge in [-0.15, -0.1) is 5.10 Å². The number of rotatable bonds is 7. The molecule has 1 saturated heterocycles. The van der Waals surface area contributed by atoms with E-state index < -0.39 is 16.5 Å². The topological polar surface area (TPSA) is 145 Å². The van der Waals surface area contributed by atoms with Gasteiger partial charge < -0.3 is 19.4 Å². The Morgan fingerprint density at radius 3 is 2.25 bits per heavy atom. The summed E-state index contributed by atoms with van der Waals surface area (Å²) in [5.41, 5.74) is 1.45. The third-order valence-corrected chi connectivity index (χ3v) is 7.15. The van der Waals surface area contributed by atoms with Crippen LogP contribution in [-0.4, -0.2) is 75.4 Å². The van der Waals surface area contributed by atoms with Crippen molar-refractivity contribution >= 4 is 22.3 Å². The SMILES string of the molecule is COc1cc2cc([C@H](c3nnnn3C(C)(C)C)N3CCN(c4ccc([N+](=O)[O-])cc4)CC3)c(=O)[nH]c2cc1OC. The fourth-order valence-electron chi connectivity index (χ4n) is 5.12. The Bertz CT molecular complexity index is 1580. The van der Waals surface area contributed by atoms with Crippen molar-refractivity contribution < 1.29 is 14.4 Å². The van der Waals surface area contributed by atoms with E-state index in [0.717, 1.165) is 11.1 Å². The van der Waals surface area contributed by atoms with Gasteiger partial charge in [0.25, 0.3) is 11.2 Å². The molecule has 13 heteroatoms. The summed E-state index contributed by atoms with van der Waals surface area (Å²) < 4.78 is 12.7. The number of tetrazole rings is 1. The standard InChI is InChI=1S/C27H32N8O5/c1-27(2,3)34-25(29-30-31-34)24(20-14-17-15-22(39-4)23(40-5)16-21(17)28-26(20)36)33-12-10-32(11-13-33)18-6-8-19(9-7-18)35(37)38/h6-9,14-16,24H,10-13H2,1-5H3,(H,28,36)/t24-/m1/s1. The van der Waals surface area contributed by atoms with Crippen molar-refractivity contribution in [2.45, 2.75) is 32.4 Å². The molecule has 0 radical (unpaired) electrons. The highest BCUT2D eigenvalue weighted by atomic mass is 16.6. The number of nitrogens with zero attached hydrogens (tertiary/aromatic N) is 7. The molecule has 4 aromatic rings. The number of methoxy groups -OCH3 is 2. The number of non-ortho nitro benzene ring substituents is 1. The molecule has 0 spiro atoms. The minimum Gasteiger partial charge on any atom is -0.493 e. The lowest BCUT2D eigenvalue weighted by molar-refractivity contribution is -0.384. The van der Waals surface area contributed by atoms with Gasteiger partial charge in [-0.3, -0.25) is 19.8 Å². The Hall–Kier alpha value is -4.52. The van der Waals surface area contributed by atoms with Gasteiger partial charge >= 0.3 is 0 Å². The van der Waals surface area contributed by atoms with E-state index in [1.807, 2.05) is 32.9 Å². The summed E-state index contributed by atoms with van der Waals surface area (Å²) in [6, 6.07) is 11.5. The fourth-order valence-corrected chi connectivity index (χ4v) is 5.12. The predicted octanol–water partition coefficient (Wildman–Crippen LogP) is 3.11. The van der Waals surface area contributed by atoms with Crippen LogP contribution in [0.2, 0.25) is 0 Å². The van der Waals surface area contributed by atoms with Gasteiger partial charge in [-0.1, -0.05) is 0 Å². The molecule has 1 fully saturated rings. The number of hydrogen-bond acceptors (Lipinski definition) is 10. The molecule has 1 aliphatic heterocycles. The number of nitrogens with one attached hydrogen (secondary N) is 1. The predicted molar refractivity (Wildman–Crippen MR) is 149 cm³/mol. The van der Waals surface area contributed by atoms with E-state index in [-0.39, 0.29) is 11.2 Å². The fraction of sp³-hybridized carbons (Fsp3) is 0.407. The third kappa shape index (κ3) is 5.07. The minimum absolute atomic E-state index is 0.0567. The Morgan fingerprint density at radius 2 is 1.65 bits per heavy atom. The minimum atomic E-state index is -0.519. The van der Waals surface area contributed by atoms with Gasteiger partial charge in [0.1, 0.15) is 6.04 Å². The molecule has 0 aliphatic carbocycles. The molecule has 210 valence electrons. The van der Waals surface area contributed by atoms with Crippen LogP contribution >= 0.6 is 0 Å². The number of aromatic nitrogens is 5. The molecule has 0 unspecified atom stereocenters. The van der Waals surface area contributed by atoms with E-state index in [9.17, 15) is 14.9 Å². The van der Waals surface area contributed by atoms with Crippen LogP contribution in [0.15, 0.2) is 47.3 Å². The smallest absolute Gasteiger partial charge is 0.269 e. The van der Waals surface area contributed by atoms with Gasteiger partial charge in [-0.2, -0.15) is 0 Å². The van der Waals surface area contributed by atoms with E-state index in [2.05, 4.69) is 30.3 Å². The first-order chi connectivity index (χ1) is 19.1. The molecule has 3 heterocycles. The van der Waals surface area contributed by atoms with Gasteiger partial charge in [0, 0.05) is 61.0 Å². The third-order valence-electron chi connectivity index (χ3n) is 7.15. The first-order valence-electron chi connectivity index (χ1n) is 12.9. The molecule has 2 aromatic heterocycles. The monoisotopic (exact) mass is 548 g/mol. The van der Waals surface area contributed by atoms with Crippen LogP contribution in [-0.2, 0) is 5.54 Å². The van der Waals surface area contributed by atoms with Crippen molar-refractivity contribution in [1.29, 1.82) is 0 Å². The van der Waals surface area contributed by atoms with E-state index in [1.165, 1.54) is 12.1 Å². The van der Waals surface area contributed by atoms with Gasteiger partial charge in [-0.25, -0.2) is 4.68 Å². The summed E-state index contributed by atoms with van der Waals surface area (Å²) in [5.74, 6) is 1.65. The highest BCUT2D eigenvalue weighted by Crippen LogP contribution is 2.34. The second kappa shape index (κ2) is 10.6. The number of nitro benzene ring substituents is 1. The van der Waals surface area contributed by atoms with Crippen LogP contribution in [0.1, 0.15) is 38.2 Å². The normalized spacial score (nSPS) is 15.3. The lowest BCUT2D eigenvalue weighted by Gasteiger charge is -2.40. The van der Waals surface area contributed by atoms with Crippen molar-refractivity contribution in [2.24, 2.45) is 0 Å². The van der Waals surface area contributed by atoms with E-state index >= 15 is 0 Å². The molecule has 0 amide bonds. The van der Waals surface area contributed by atoms with E-state index in [4.69, 9.17) is 9.47 Å². The van der Waals surface area contributed by atoms with Crippen LogP contribution < -0.4 is 19.9 Å². The van der Waals surface area contributed by atoms with Gasteiger partial charge in [-0.05, 0) is 55.5 Å². The number of ether oxygens (including phenoxy) is 2. The molecule has 5 rings (SSSR count). The molecule has 1 atom stereocenters. The number of anilines is 1. The van der Waals surface area contributed by atoms with Crippen LogP contribution in [0.5, 0.6) is 11.5 Å². The average Bonchev–Trinajstić information content (AvgIpc) is 3.43. The summed E-state index contributed by atoms with van der Waals surface area (Å²) >= 11 is 0. The lowest BCUT2D eigenvalue weighted by Crippen LogP contribution is -2.49. The molecule has 2 aromatic carbocycles. The zero-order valence-electron chi connectivity index (χ0n) is 23.1. The lowest BCUT2D eigenvalue weighted by atomic mass is 10.0. The second-order valence-corrected chi connectivity index (χ2v) is 10.7. The quantitative estimate of drug-likeness (QED) is 0.270. The molecule has 0 bridgehead atoms. The van der Waals surface area contributed by atoms with Gasteiger partial charge in [0.2, 0.25) is 0 Å². The number of aromatic amines is 1. The van der Waals surface area contributed by atoms with Gasteiger partial charge in [0.15, 0.2) is 17.3 Å². The Labute approximate surface area is 230 Å². The maximum atomic E-state index is 13.6. The first-order valence-corrected chi connectivity index (χ1v) is 12.9.